The van der Waals surface area contributed by atoms with Gasteiger partial charge in [-0.2, -0.15) is 5.26 Å². The van der Waals surface area contributed by atoms with Crippen molar-refractivity contribution >= 4 is 17.6 Å². The fraction of sp³-hybridized carbons (Fsp3) is 0.286. The van der Waals surface area contributed by atoms with Crippen LogP contribution in [0.25, 0.3) is 0 Å². The first-order valence-corrected chi connectivity index (χ1v) is 8.89. The number of piperazine rings is 1. The van der Waals surface area contributed by atoms with E-state index in [4.69, 9.17) is 4.74 Å². The van der Waals surface area contributed by atoms with Crippen LogP contribution >= 0.6 is 0 Å². The van der Waals surface area contributed by atoms with Gasteiger partial charge in [0, 0.05) is 32.6 Å². The molecule has 1 aliphatic rings. The minimum atomic E-state index is -0.468. The molecule has 1 amide bonds. The molecule has 27 heavy (non-hydrogen) atoms. The number of ether oxygens (including phenoxy) is 1. The summed E-state index contributed by atoms with van der Waals surface area (Å²) in [7, 11) is 0. The van der Waals surface area contributed by atoms with E-state index in [1.807, 2.05) is 48.5 Å². The molecule has 1 aliphatic heterocycles. The number of amides is 1. The van der Waals surface area contributed by atoms with E-state index in [2.05, 4.69) is 11.0 Å². The second kappa shape index (κ2) is 8.86. The van der Waals surface area contributed by atoms with E-state index < -0.39 is 6.09 Å². The number of carbonyl (C=O) groups excluding carboxylic acids is 2. The zero-order valence-corrected chi connectivity index (χ0v) is 15.0. The molecule has 1 heterocycles. The zero-order chi connectivity index (χ0) is 19.1. The highest BCUT2D eigenvalue weighted by Gasteiger charge is 2.24. The van der Waals surface area contributed by atoms with Gasteiger partial charge in [0.05, 0.1) is 11.3 Å². The van der Waals surface area contributed by atoms with Crippen molar-refractivity contribution in [2.75, 3.05) is 37.7 Å². The molecule has 0 N–H and O–H groups in total. The molecule has 0 radical (unpaired) electrons. The average Bonchev–Trinajstić information content (AvgIpc) is 2.73. The predicted molar refractivity (Wildman–Crippen MR) is 101 cm³/mol. The highest BCUT2D eigenvalue weighted by molar-refractivity contribution is 5.84. The molecule has 0 aliphatic carbocycles. The molecule has 1 saturated heterocycles. The van der Waals surface area contributed by atoms with Gasteiger partial charge in [0.25, 0.3) is 0 Å². The van der Waals surface area contributed by atoms with Crippen LogP contribution in [0.15, 0.2) is 54.6 Å². The van der Waals surface area contributed by atoms with Crippen LogP contribution in [0, 0.1) is 11.3 Å². The average molecular weight is 363 g/mol. The molecule has 6 nitrogen and oxygen atoms in total. The van der Waals surface area contributed by atoms with Crippen LogP contribution in [0.5, 0.6) is 0 Å². The van der Waals surface area contributed by atoms with Gasteiger partial charge in [0.2, 0.25) is 0 Å². The lowest BCUT2D eigenvalue weighted by molar-refractivity contribution is -0.121. The van der Waals surface area contributed by atoms with Crippen LogP contribution in [0.1, 0.15) is 11.1 Å². The van der Waals surface area contributed by atoms with Crippen molar-refractivity contribution < 1.29 is 14.3 Å². The number of benzene rings is 2. The van der Waals surface area contributed by atoms with E-state index in [-0.39, 0.29) is 18.8 Å². The van der Waals surface area contributed by atoms with E-state index in [0.29, 0.717) is 31.7 Å². The monoisotopic (exact) mass is 363 g/mol. The van der Waals surface area contributed by atoms with E-state index in [1.54, 1.807) is 11.0 Å². The number of ketones is 1. The van der Waals surface area contributed by atoms with Crippen molar-refractivity contribution in [2.24, 2.45) is 0 Å². The predicted octanol–water partition coefficient (Wildman–Crippen LogP) is 2.63. The third-order valence-electron chi connectivity index (χ3n) is 4.50. The molecule has 0 spiro atoms. The van der Waals surface area contributed by atoms with Gasteiger partial charge < -0.3 is 14.5 Å². The van der Waals surface area contributed by atoms with Gasteiger partial charge in [-0.05, 0) is 17.7 Å². The molecule has 1 fully saturated rings. The van der Waals surface area contributed by atoms with E-state index in [0.717, 1.165) is 11.3 Å². The highest BCUT2D eigenvalue weighted by atomic mass is 16.6. The summed E-state index contributed by atoms with van der Waals surface area (Å²) in [5, 5.41) is 9.22. The van der Waals surface area contributed by atoms with Crippen molar-refractivity contribution in [2.45, 2.75) is 6.42 Å². The van der Waals surface area contributed by atoms with Gasteiger partial charge in [-0.15, -0.1) is 0 Å². The number of nitrogens with zero attached hydrogens (tertiary/aromatic N) is 3. The highest BCUT2D eigenvalue weighted by Crippen LogP contribution is 2.21. The number of rotatable bonds is 5. The van der Waals surface area contributed by atoms with Gasteiger partial charge >= 0.3 is 6.09 Å². The van der Waals surface area contributed by atoms with Crippen molar-refractivity contribution in [1.82, 2.24) is 4.90 Å². The summed E-state index contributed by atoms with van der Waals surface area (Å²) in [4.78, 5) is 27.9. The van der Waals surface area contributed by atoms with E-state index in [1.165, 1.54) is 0 Å². The summed E-state index contributed by atoms with van der Waals surface area (Å²) in [5.74, 6) is -0.129. The third kappa shape index (κ3) is 4.85. The minimum absolute atomic E-state index is 0.129. The van der Waals surface area contributed by atoms with Crippen LogP contribution in [-0.4, -0.2) is 49.6 Å². The van der Waals surface area contributed by atoms with Crippen molar-refractivity contribution in [3.05, 3.63) is 65.7 Å². The number of hydrogen-bond acceptors (Lipinski definition) is 5. The number of hydrogen-bond donors (Lipinski definition) is 0. The number of carbonyl (C=O) groups is 2. The molecule has 0 bridgehead atoms. The van der Waals surface area contributed by atoms with Crippen LogP contribution in [0.3, 0.4) is 0 Å². The summed E-state index contributed by atoms with van der Waals surface area (Å²) in [5.41, 5.74) is 2.41. The number of Topliss-reactive ketones (excluding diaryl/α,β-unsaturated/α-hetero) is 1. The molecule has 2 aromatic carbocycles. The summed E-state index contributed by atoms with van der Waals surface area (Å²) >= 11 is 0. The second-order valence-electron chi connectivity index (χ2n) is 6.36. The second-order valence-corrected chi connectivity index (χ2v) is 6.36. The lowest BCUT2D eigenvalue weighted by atomic mass is 10.1. The lowest BCUT2D eigenvalue weighted by Gasteiger charge is -2.35. The molecule has 138 valence electrons. The topological polar surface area (TPSA) is 73.6 Å². The fourth-order valence-corrected chi connectivity index (χ4v) is 3.08. The maximum atomic E-state index is 12.2. The Kier molecular flexibility index (Phi) is 6.06. The Morgan fingerprint density at radius 2 is 1.63 bits per heavy atom. The summed E-state index contributed by atoms with van der Waals surface area (Å²) in [6.45, 7) is 2.00. The largest absolute Gasteiger partial charge is 0.441 e. The molecule has 0 aromatic heterocycles. The maximum absolute atomic E-state index is 12.2. The third-order valence-corrected chi connectivity index (χ3v) is 4.50. The first-order chi connectivity index (χ1) is 13.2. The Morgan fingerprint density at radius 1 is 0.963 bits per heavy atom. The van der Waals surface area contributed by atoms with Crippen molar-refractivity contribution in [3.63, 3.8) is 0 Å². The molecular formula is C21H21N3O3. The first-order valence-electron chi connectivity index (χ1n) is 8.89. The van der Waals surface area contributed by atoms with Crippen LogP contribution in [0.4, 0.5) is 10.5 Å². The summed E-state index contributed by atoms with van der Waals surface area (Å²) < 4.78 is 5.17. The van der Waals surface area contributed by atoms with Crippen molar-refractivity contribution in [1.29, 1.82) is 5.26 Å². The maximum Gasteiger partial charge on any atom is 0.410 e. The van der Waals surface area contributed by atoms with Crippen LogP contribution < -0.4 is 4.90 Å². The lowest BCUT2D eigenvalue weighted by Crippen LogP contribution is -2.49. The SMILES string of the molecule is N#Cc1ccccc1N1CCN(C(=O)OCC(=O)Cc2ccccc2)CC1. The quantitative estimate of drug-likeness (QED) is 0.816. The normalized spacial score (nSPS) is 13.7. The van der Waals surface area contributed by atoms with Gasteiger partial charge in [-0.25, -0.2) is 4.79 Å². The molecule has 0 saturated carbocycles. The van der Waals surface area contributed by atoms with Gasteiger partial charge in [-0.3, -0.25) is 4.79 Å². The number of para-hydroxylation sites is 1. The Morgan fingerprint density at radius 3 is 2.33 bits per heavy atom. The Balaban J connectivity index is 1.46. The zero-order valence-electron chi connectivity index (χ0n) is 15.0. The fourth-order valence-electron chi connectivity index (χ4n) is 3.08. The van der Waals surface area contributed by atoms with Crippen LogP contribution in [0.2, 0.25) is 0 Å². The molecule has 2 aromatic rings. The first kappa shape index (κ1) is 18.5. The number of anilines is 1. The smallest absolute Gasteiger partial charge is 0.410 e. The van der Waals surface area contributed by atoms with Gasteiger partial charge in [0.15, 0.2) is 12.4 Å². The molecule has 0 atom stereocenters. The van der Waals surface area contributed by atoms with Gasteiger partial charge in [-0.1, -0.05) is 42.5 Å². The van der Waals surface area contributed by atoms with Crippen LogP contribution in [-0.2, 0) is 16.0 Å². The molecule has 6 heteroatoms. The van der Waals surface area contributed by atoms with E-state index >= 15 is 0 Å². The van der Waals surface area contributed by atoms with E-state index in [9.17, 15) is 14.9 Å². The minimum Gasteiger partial charge on any atom is -0.441 e. The standard InChI is InChI=1S/C21H21N3O3/c22-15-18-8-4-5-9-20(18)23-10-12-24(13-11-23)21(26)27-16-19(25)14-17-6-2-1-3-7-17/h1-9H,10-14,16H2. The Bertz CT molecular complexity index is 837. The summed E-state index contributed by atoms with van der Waals surface area (Å²) in [6, 6.07) is 19.0. The summed E-state index contributed by atoms with van der Waals surface area (Å²) in [6.07, 6.45) is -0.211. The molecule has 0 unspecified atom stereocenters. The van der Waals surface area contributed by atoms with Gasteiger partial charge in [0.1, 0.15) is 6.07 Å². The molecular weight excluding hydrogens is 342 g/mol. The Labute approximate surface area is 158 Å². The van der Waals surface area contributed by atoms with Crippen molar-refractivity contribution in [3.8, 4) is 6.07 Å². The Hall–Kier alpha value is -3.33. The molecule has 3 rings (SSSR count). The number of nitriles is 1.